The highest BCUT2D eigenvalue weighted by Gasteiger charge is 2.31. The number of thiophene rings is 1. The van der Waals surface area contributed by atoms with Gasteiger partial charge in [-0.15, -0.1) is 23.1 Å². The van der Waals surface area contributed by atoms with Gasteiger partial charge >= 0.3 is 6.03 Å². The van der Waals surface area contributed by atoms with Gasteiger partial charge in [0.05, 0.1) is 11.6 Å². The number of nitrogens with one attached hydrogen (secondary N) is 1. The van der Waals surface area contributed by atoms with Crippen molar-refractivity contribution in [1.82, 2.24) is 4.90 Å². The lowest BCUT2D eigenvalue weighted by molar-refractivity contribution is 0.215. The summed E-state index contributed by atoms with van der Waals surface area (Å²) in [5, 5.41) is 11.9. The Hall–Kier alpha value is -1.97. The third-order valence-corrected chi connectivity index (χ3v) is 5.84. The molecule has 2 amide bonds. The summed E-state index contributed by atoms with van der Waals surface area (Å²) in [5.41, 5.74) is 1.20. The topological polar surface area (TPSA) is 56.1 Å². The van der Waals surface area contributed by atoms with Crippen molar-refractivity contribution in [2.45, 2.75) is 12.3 Å². The van der Waals surface area contributed by atoms with Crippen LogP contribution in [0.1, 0.15) is 20.7 Å². The summed E-state index contributed by atoms with van der Waals surface area (Å²) in [6, 6.07) is 13.1. The molecule has 2 heterocycles. The van der Waals surface area contributed by atoms with E-state index in [1.807, 2.05) is 4.90 Å². The molecule has 6 heteroatoms. The first-order valence-corrected chi connectivity index (χ1v) is 8.79. The Labute approximate surface area is 137 Å². The fourth-order valence-electron chi connectivity index (χ4n) is 2.36. The number of carbonyl (C=O) groups excluding carboxylic acids is 1. The maximum absolute atomic E-state index is 12.5. The quantitative estimate of drug-likeness (QED) is 0.898. The number of aryl methyl sites for hydroxylation is 1. The van der Waals surface area contributed by atoms with E-state index in [1.54, 1.807) is 47.4 Å². The Bertz CT molecular complexity index is 735. The number of thioether (sulfide) groups is 1. The molecule has 0 saturated carbocycles. The Kier molecular flexibility index (Phi) is 4.36. The summed E-state index contributed by atoms with van der Waals surface area (Å²) >= 11 is 3.52. The van der Waals surface area contributed by atoms with Crippen molar-refractivity contribution in [3.63, 3.8) is 0 Å². The zero-order valence-corrected chi connectivity index (χ0v) is 13.7. The molecule has 1 aromatic carbocycles. The minimum Gasteiger partial charge on any atom is -0.308 e. The molecule has 1 N–H and O–H groups in total. The predicted octanol–water partition coefficient (Wildman–Crippen LogP) is 4.21. The van der Waals surface area contributed by atoms with E-state index in [4.69, 9.17) is 5.26 Å². The van der Waals surface area contributed by atoms with Crippen LogP contribution in [0.5, 0.6) is 0 Å². The largest absolute Gasteiger partial charge is 0.323 e. The second kappa shape index (κ2) is 6.42. The molecule has 1 fully saturated rings. The van der Waals surface area contributed by atoms with Crippen LogP contribution in [0.2, 0.25) is 0 Å². The molecule has 112 valence electrons. The maximum Gasteiger partial charge on any atom is 0.323 e. The number of amides is 2. The lowest BCUT2D eigenvalue weighted by Gasteiger charge is -2.23. The van der Waals surface area contributed by atoms with Crippen LogP contribution in [0.15, 0.2) is 36.4 Å². The summed E-state index contributed by atoms with van der Waals surface area (Å²) in [6.45, 7) is 2.81. The van der Waals surface area contributed by atoms with Gasteiger partial charge in [-0.05, 0) is 37.3 Å². The van der Waals surface area contributed by atoms with Crippen molar-refractivity contribution < 1.29 is 4.79 Å². The Balaban J connectivity index is 1.75. The van der Waals surface area contributed by atoms with Crippen molar-refractivity contribution in [3.8, 4) is 6.07 Å². The highest BCUT2D eigenvalue weighted by atomic mass is 32.2. The molecule has 0 radical (unpaired) electrons. The fourth-order valence-corrected chi connectivity index (χ4v) is 4.73. The summed E-state index contributed by atoms with van der Waals surface area (Å²) in [5.74, 6) is 0.938. The van der Waals surface area contributed by atoms with Crippen LogP contribution in [0.25, 0.3) is 0 Å². The van der Waals surface area contributed by atoms with Crippen LogP contribution in [0.4, 0.5) is 10.5 Å². The molecule has 0 spiro atoms. The third kappa shape index (κ3) is 3.11. The zero-order valence-electron chi connectivity index (χ0n) is 12.1. The molecule has 0 bridgehead atoms. The van der Waals surface area contributed by atoms with E-state index in [2.05, 4.69) is 30.4 Å². The summed E-state index contributed by atoms with van der Waals surface area (Å²) < 4.78 is 0. The average Bonchev–Trinajstić information content (AvgIpc) is 3.15. The average molecular weight is 329 g/mol. The fraction of sp³-hybridized carbons (Fsp3) is 0.250. The first-order valence-electron chi connectivity index (χ1n) is 6.93. The van der Waals surface area contributed by atoms with E-state index in [0.717, 1.165) is 12.3 Å². The van der Waals surface area contributed by atoms with E-state index in [1.165, 1.54) is 9.75 Å². The second-order valence-electron chi connectivity index (χ2n) is 4.99. The van der Waals surface area contributed by atoms with Crippen LogP contribution in [0, 0.1) is 18.3 Å². The molecule has 4 nitrogen and oxygen atoms in total. The Morgan fingerprint density at radius 3 is 3.00 bits per heavy atom. The van der Waals surface area contributed by atoms with Crippen LogP contribution < -0.4 is 5.32 Å². The second-order valence-corrected chi connectivity index (χ2v) is 7.50. The number of carbonyl (C=O) groups is 1. The van der Waals surface area contributed by atoms with E-state index in [-0.39, 0.29) is 11.4 Å². The van der Waals surface area contributed by atoms with E-state index in [0.29, 0.717) is 11.3 Å². The maximum atomic E-state index is 12.5. The van der Waals surface area contributed by atoms with Gasteiger partial charge in [-0.25, -0.2) is 4.79 Å². The van der Waals surface area contributed by atoms with Gasteiger partial charge in [0.15, 0.2) is 0 Å². The van der Waals surface area contributed by atoms with Gasteiger partial charge in [-0.3, -0.25) is 0 Å². The molecule has 1 atom stereocenters. The van der Waals surface area contributed by atoms with E-state index in [9.17, 15) is 4.79 Å². The number of benzene rings is 1. The number of anilines is 1. The zero-order chi connectivity index (χ0) is 15.5. The normalized spacial score (nSPS) is 17.3. The number of nitriles is 1. The predicted molar refractivity (Wildman–Crippen MR) is 91.1 cm³/mol. The molecule has 3 rings (SSSR count). The standard InChI is InChI=1S/C16H15N3OS2/c1-11-5-6-14(22-11)15-19(7-8-21-15)16(20)18-13-4-2-3-12(9-13)10-17/h2-6,9,15H,7-8H2,1H3,(H,18,20). The van der Waals surface area contributed by atoms with Gasteiger partial charge in [0.2, 0.25) is 0 Å². The van der Waals surface area contributed by atoms with Crippen LogP contribution in [-0.4, -0.2) is 23.2 Å². The molecule has 0 aliphatic carbocycles. The number of hydrogen-bond acceptors (Lipinski definition) is 4. The van der Waals surface area contributed by atoms with Crippen LogP contribution in [0.3, 0.4) is 0 Å². The summed E-state index contributed by atoms with van der Waals surface area (Å²) in [6.07, 6.45) is 0. The molecule has 1 unspecified atom stereocenters. The third-order valence-electron chi connectivity index (χ3n) is 3.40. The van der Waals surface area contributed by atoms with Gasteiger partial charge in [0.1, 0.15) is 5.37 Å². The lowest BCUT2D eigenvalue weighted by Crippen LogP contribution is -2.34. The van der Waals surface area contributed by atoms with Gasteiger partial charge in [0.25, 0.3) is 0 Å². The van der Waals surface area contributed by atoms with Gasteiger partial charge < -0.3 is 10.2 Å². The SMILES string of the molecule is Cc1ccc(C2SCCN2C(=O)Nc2cccc(C#N)c2)s1. The molecule has 22 heavy (non-hydrogen) atoms. The van der Waals surface area contributed by atoms with Crippen molar-refractivity contribution >= 4 is 34.8 Å². The molecular formula is C16H15N3OS2. The van der Waals surface area contributed by atoms with Gasteiger partial charge in [-0.1, -0.05) is 6.07 Å². The van der Waals surface area contributed by atoms with E-state index >= 15 is 0 Å². The lowest BCUT2D eigenvalue weighted by atomic mass is 10.2. The molecule has 1 aliphatic heterocycles. The number of rotatable bonds is 2. The smallest absolute Gasteiger partial charge is 0.308 e. The number of nitrogens with zero attached hydrogens (tertiary/aromatic N) is 2. The van der Waals surface area contributed by atoms with Crippen LogP contribution >= 0.6 is 23.1 Å². The molecular weight excluding hydrogens is 314 g/mol. The summed E-state index contributed by atoms with van der Waals surface area (Å²) in [7, 11) is 0. The van der Waals surface area contributed by atoms with Crippen molar-refractivity contribution in [1.29, 1.82) is 5.26 Å². The first kappa shape index (κ1) is 14.9. The molecule has 2 aromatic rings. The van der Waals surface area contributed by atoms with E-state index < -0.39 is 0 Å². The summed E-state index contributed by atoms with van der Waals surface area (Å²) in [4.78, 5) is 16.8. The number of hydrogen-bond donors (Lipinski definition) is 1. The minimum atomic E-state index is -0.115. The monoisotopic (exact) mass is 329 g/mol. The molecule has 1 aliphatic rings. The Morgan fingerprint density at radius 1 is 1.41 bits per heavy atom. The highest BCUT2D eigenvalue weighted by molar-refractivity contribution is 7.99. The highest BCUT2D eigenvalue weighted by Crippen LogP contribution is 2.41. The van der Waals surface area contributed by atoms with Crippen molar-refractivity contribution in [2.75, 3.05) is 17.6 Å². The van der Waals surface area contributed by atoms with Crippen LogP contribution in [-0.2, 0) is 0 Å². The molecule has 1 aromatic heterocycles. The van der Waals surface area contributed by atoms with Crippen molar-refractivity contribution in [3.05, 3.63) is 51.7 Å². The Morgan fingerprint density at radius 2 is 2.27 bits per heavy atom. The minimum absolute atomic E-state index is 0.0813. The first-order chi connectivity index (χ1) is 10.7. The molecule has 1 saturated heterocycles. The van der Waals surface area contributed by atoms with Gasteiger partial charge in [-0.2, -0.15) is 5.26 Å². The number of urea groups is 1. The van der Waals surface area contributed by atoms with Crippen molar-refractivity contribution in [2.24, 2.45) is 0 Å². The van der Waals surface area contributed by atoms with Gasteiger partial charge in [0, 0.05) is 27.7 Å².